The number of carbonyl (C=O) groups excluding carboxylic acids is 1. The number of pyridine rings is 1. The van der Waals surface area contributed by atoms with Crippen LogP contribution in [0.4, 0.5) is 29.2 Å². The fourth-order valence-corrected chi connectivity index (χ4v) is 4.13. The van der Waals surface area contributed by atoms with E-state index in [4.69, 9.17) is 13.9 Å². The summed E-state index contributed by atoms with van der Waals surface area (Å²) in [6.07, 6.45) is 0.642. The summed E-state index contributed by atoms with van der Waals surface area (Å²) in [4.78, 5) is 41.1. The number of hydrogen-bond acceptors (Lipinski definition) is 5. The second-order valence-electron chi connectivity index (χ2n) is 8.59. The Hall–Kier alpha value is -3.12. The normalized spacial score (nSPS) is 13.2. The van der Waals surface area contributed by atoms with Crippen LogP contribution < -0.4 is 4.90 Å². The zero-order valence-corrected chi connectivity index (χ0v) is 21.8. The van der Waals surface area contributed by atoms with Gasteiger partial charge >= 0.3 is 14.0 Å². The second-order valence-corrected chi connectivity index (χ2v) is 9.83. The summed E-state index contributed by atoms with van der Waals surface area (Å²) < 4.78 is 96.4. The number of amides is 1. The number of nitrogens with zero attached hydrogens (tertiary/aromatic N) is 3. The van der Waals surface area contributed by atoms with Crippen LogP contribution >= 0.6 is 7.82 Å². The lowest BCUT2D eigenvalue weighted by atomic mass is 9.99. The maximum Gasteiger partial charge on any atom is 0.470 e. The minimum atomic E-state index is -5.19. The number of alkyl halides is 3. The van der Waals surface area contributed by atoms with Crippen LogP contribution in [0.15, 0.2) is 42.7 Å². The molecule has 3 rings (SSSR count). The maximum atomic E-state index is 15.0. The first-order valence-corrected chi connectivity index (χ1v) is 13.6. The summed E-state index contributed by atoms with van der Waals surface area (Å²) in [6, 6.07) is 1.86. The van der Waals surface area contributed by atoms with Crippen molar-refractivity contribution in [2.75, 3.05) is 11.5 Å². The molecule has 14 heteroatoms. The van der Waals surface area contributed by atoms with Crippen LogP contribution in [0.25, 0.3) is 11.3 Å². The van der Waals surface area contributed by atoms with Gasteiger partial charge in [0.05, 0.1) is 15.4 Å². The number of unbranched alkanes of at least 4 members (excludes halogenated alkanes) is 5. The first-order valence-electron chi connectivity index (χ1n) is 13.6. The van der Waals surface area contributed by atoms with Crippen LogP contribution in [0.3, 0.4) is 0 Å². The lowest BCUT2D eigenvalue weighted by molar-refractivity contribution is -0.138. The standard InChI is InChI=1S/C25H29F4N4O5P/c1-2-3-4-5-6-7-9-17-11-12-19(14-20(17)25(27,28)29)33(21(34)16-38-39(35,36)37)24-31-22(23(26)32-24)18-10-8-13-30-15-18/h8,10-15H,2-7,9,16H2,1H3,(H,31,32)(H2,35,36,37)/i8T,10T,15T. The number of anilines is 2. The quantitative estimate of drug-likeness (QED) is 0.123. The molecule has 0 aliphatic heterocycles. The molecule has 1 aromatic carbocycles. The number of aromatic amines is 1. The number of imidazole rings is 1. The molecule has 2 aromatic heterocycles. The fourth-order valence-electron chi connectivity index (χ4n) is 3.85. The predicted octanol–water partition coefficient (Wildman–Crippen LogP) is 6.31. The molecule has 0 fully saturated rings. The Kier molecular flexibility index (Phi) is 8.90. The van der Waals surface area contributed by atoms with E-state index in [0.717, 1.165) is 50.4 Å². The number of halogens is 4. The smallest absolute Gasteiger partial charge is 0.303 e. The van der Waals surface area contributed by atoms with Crippen molar-refractivity contribution in [3.63, 3.8) is 0 Å². The first-order chi connectivity index (χ1) is 19.6. The molecule has 2 heterocycles. The SMILES string of the molecule is [3H]c1cnc([3H])c(-c2nc(N(C(=O)COP(=O)(O)O)c3ccc(CCCCCCCC)c(C(F)(F)F)c3)[nH]c2F)c1[3H]. The minimum absolute atomic E-state index is 0.0389. The van der Waals surface area contributed by atoms with E-state index in [0.29, 0.717) is 17.4 Å². The summed E-state index contributed by atoms with van der Waals surface area (Å²) in [5.74, 6) is -3.35. The van der Waals surface area contributed by atoms with Gasteiger partial charge in [-0.05, 0) is 42.6 Å². The molecule has 0 aliphatic carbocycles. The number of aromatic nitrogens is 3. The van der Waals surface area contributed by atoms with Crippen LogP contribution in [0.1, 0.15) is 60.7 Å². The monoisotopic (exact) mass is 578 g/mol. The number of H-pyrrole nitrogens is 1. The summed E-state index contributed by atoms with van der Waals surface area (Å²) in [5, 5.41) is 0. The number of hydrogen-bond donors (Lipinski definition) is 3. The van der Waals surface area contributed by atoms with Crippen molar-refractivity contribution in [3.8, 4) is 11.3 Å². The Morgan fingerprint density at radius 3 is 2.62 bits per heavy atom. The lowest BCUT2D eigenvalue weighted by Crippen LogP contribution is -2.31. The van der Waals surface area contributed by atoms with Crippen LogP contribution in [0, 0.1) is 5.95 Å². The number of benzene rings is 1. The molecule has 0 aliphatic rings. The van der Waals surface area contributed by atoms with Gasteiger partial charge in [-0.15, -0.1) is 0 Å². The largest absolute Gasteiger partial charge is 0.470 e. The van der Waals surface area contributed by atoms with Crippen molar-refractivity contribution < 1.29 is 45.3 Å². The third-order valence-corrected chi connectivity index (χ3v) is 6.13. The van der Waals surface area contributed by atoms with Gasteiger partial charge in [-0.3, -0.25) is 19.3 Å². The maximum absolute atomic E-state index is 15.0. The fraction of sp³-hybridized carbons (Fsp3) is 0.400. The van der Waals surface area contributed by atoms with Crippen molar-refractivity contribution >= 4 is 25.4 Å². The zero-order valence-electron chi connectivity index (χ0n) is 23.9. The Morgan fingerprint density at radius 1 is 1.21 bits per heavy atom. The van der Waals surface area contributed by atoms with Gasteiger partial charge in [0.2, 0.25) is 11.9 Å². The molecule has 39 heavy (non-hydrogen) atoms. The molecular formula is C25H29F4N4O5P. The molecule has 0 saturated heterocycles. The highest BCUT2D eigenvalue weighted by Crippen LogP contribution is 2.39. The van der Waals surface area contributed by atoms with Gasteiger partial charge in [0.25, 0.3) is 5.91 Å². The summed E-state index contributed by atoms with van der Waals surface area (Å²) in [7, 11) is -5.19. The molecule has 9 nitrogen and oxygen atoms in total. The number of aryl methyl sites for hydroxylation is 1. The van der Waals surface area contributed by atoms with E-state index in [1.165, 1.54) is 0 Å². The van der Waals surface area contributed by atoms with Gasteiger partial charge in [-0.25, -0.2) is 14.4 Å². The molecule has 0 unspecified atom stereocenters. The van der Waals surface area contributed by atoms with E-state index in [9.17, 15) is 22.5 Å². The summed E-state index contributed by atoms with van der Waals surface area (Å²) >= 11 is 0. The van der Waals surface area contributed by atoms with Crippen molar-refractivity contribution in [3.05, 3.63) is 59.7 Å². The Morgan fingerprint density at radius 2 is 1.92 bits per heavy atom. The van der Waals surface area contributed by atoms with E-state index in [-0.39, 0.29) is 12.0 Å². The average Bonchev–Trinajstić information content (AvgIpc) is 3.27. The topological polar surface area (TPSA) is 129 Å². The molecule has 0 radical (unpaired) electrons. The van der Waals surface area contributed by atoms with Crippen molar-refractivity contribution in [2.45, 2.75) is 58.0 Å². The number of carbonyl (C=O) groups is 1. The van der Waals surface area contributed by atoms with Gasteiger partial charge in [0.1, 0.15) is 12.3 Å². The number of phosphoric acid groups is 1. The third-order valence-electron chi connectivity index (χ3n) is 5.66. The molecule has 0 saturated carbocycles. The van der Waals surface area contributed by atoms with Gasteiger partial charge < -0.3 is 9.79 Å². The summed E-state index contributed by atoms with van der Waals surface area (Å²) in [6.45, 7) is 0.729. The van der Waals surface area contributed by atoms with E-state index >= 15 is 4.39 Å². The molecule has 3 aromatic rings. The number of nitrogens with one attached hydrogen (secondary N) is 1. The molecule has 3 N–H and O–H groups in total. The average molecular weight is 579 g/mol. The number of rotatable bonds is 13. The van der Waals surface area contributed by atoms with Crippen LogP contribution in [0.2, 0.25) is 0 Å². The Balaban J connectivity index is 2.07. The first kappa shape index (κ1) is 26.1. The van der Waals surface area contributed by atoms with E-state index in [2.05, 4.69) is 19.5 Å². The third kappa shape index (κ3) is 8.69. The van der Waals surface area contributed by atoms with Gasteiger partial charge in [0.15, 0.2) is 0 Å². The second kappa shape index (κ2) is 13.3. The van der Waals surface area contributed by atoms with Crippen LogP contribution in [0.5, 0.6) is 0 Å². The van der Waals surface area contributed by atoms with E-state index in [1.54, 1.807) is 0 Å². The van der Waals surface area contributed by atoms with Crippen molar-refractivity contribution in [2.24, 2.45) is 0 Å². The molecular weight excluding hydrogens is 543 g/mol. The molecule has 0 bridgehead atoms. The Bertz CT molecular complexity index is 1470. The molecule has 1 amide bonds. The highest BCUT2D eigenvalue weighted by atomic mass is 31.2. The molecule has 0 spiro atoms. The van der Waals surface area contributed by atoms with Crippen molar-refractivity contribution in [1.29, 1.82) is 0 Å². The zero-order chi connectivity index (χ0) is 31.2. The lowest BCUT2D eigenvalue weighted by Gasteiger charge is -2.22. The summed E-state index contributed by atoms with van der Waals surface area (Å²) in [5.41, 5.74) is -2.82. The van der Waals surface area contributed by atoms with Crippen LogP contribution in [-0.4, -0.2) is 37.3 Å². The van der Waals surface area contributed by atoms with Crippen LogP contribution in [-0.2, 0) is 26.5 Å². The highest BCUT2D eigenvalue weighted by Gasteiger charge is 2.35. The van der Waals surface area contributed by atoms with E-state index in [1.807, 2.05) is 6.92 Å². The number of phosphoric ester groups is 1. The van der Waals surface area contributed by atoms with Gasteiger partial charge in [-0.2, -0.15) is 17.6 Å². The molecule has 212 valence electrons. The van der Waals surface area contributed by atoms with Crippen molar-refractivity contribution in [1.82, 2.24) is 15.0 Å². The predicted molar refractivity (Wildman–Crippen MR) is 135 cm³/mol. The highest BCUT2D eigenvalue weighted by molar-refractivity contribution is 7.46. The molecule has 0 atom stereocenters. The van der Waals surface area contributed by atoms with Gasteiger partial charge in [0, 0.05) is 17.9 Å². The van der Waals surface area contributed by atoms with Gasteiger partial charge in [-0.1, -0.05) is 45.1 Å². The van der Waals surface area contributed by atoms with E-state index < -0.39 is 79.2 Å². The minimum Gasteiger partial charge on any atom is -0.303 e. The Labute approximate surface area is 226 Å².